The van der Waals surface area contributed by atoms with Crippen LogP contribution in [-0.2, 0) is 9.59 Å². The van der Waals surface area contributed by atoms with Crippen molar-refractivity contribution in [1.82, 2.24) is 0 Å². The largest absolute Gasteiger partial charge is 0.481 e. The first kappa shape index (κ1) is 32.1. The number of hydrogen-bond acceptors (Lipinski definition) is 2. The van der Waals surface area contributed by atoms with Crippen LogP contribution in [0.2, 0.25) is 0 Å². The fourth-order valence-electron chi connectivity index (χ4n) is 2.68. The summed E-state index contributed by atoms with van der Waals surface area (Å²) in [6.45, 7) is 18.0. The molecule has 0 aliphatic heterocycles. The highest BCUT2D eigenvalue weighted by atomic mass is 16.4. The van der Waals surface area contributed by atoms with Gasteiger partial charge in [-0.15, -0.1) is 0 Å². The van der Waals surface area contributed by atoms with E-state index in [2.05, 4.69) is 59.8 Å². The van der Waals surface area contributed by atoms with Gasteiger partial charge in [-0.25, -0.2) is 0 Å². The number of aliphatic carboxylic acids is 2. The zero-order chi connectivity index (χ0) is 25.3. The van der Waals surface area contributed by atoms with Gasteiger partial charge in [-0.05, 0) is 100 Å². The van der Waals surface area contributed by atoms with Crippen molar-refractivity contribution in [3.8, 4) is 0 Å². The monoisotopic (exact) mass is 448 g/mol. The third-order valence-electron chi connectivity index (χ3n) is 5.32. The van der Waals surface area contributed by atoms with Gasteiger partial charge in [0, 0.05) is 0 Å². The molecule has 0 aromatic rings. The molecule has 2 N–H and O–H groups in total. The SMILES string of the molecule is CC(C)=CCCC(C)=CCC(C)(C)C(=O)O.CCC(CC=C(C)CCC=C(C)C)C(=O)O. The van der Waals surface area contributed by atoms with E-state index in [1.165, 1.54) is 22.3 Å². The molecule has 0 heterocycles. The van der Waals surface area contributed by atoms with Crippen molar-refractivity contribution in [3.05, 3.63) is 46.6 Å². The molecule has 0 aromatic heterocycles. The van der Waals surface area contributed by atoms with Gasteiger partial charge in [-0.2, -0.15) is 0 Å². The van der Waals surface area contributed by atoms with E-state index in [0.29, 0.717) is 19.3 Å². The average molecular weight is 449 g/mol. The summed E-state index contributed by atoms with van der Waals surface area (Å²) >= 11 is 0. The summed E-state index contributed by atoms with van der Waals surface area (Å²) in [5.74, 6) is -1.64. The van der Waals surface area contributed by atoms with Crippen molar-refractivity contribution in [1.29, 1.82) is 0 Å². The van der Waals surface area contributed by atoms with Crippen LogP contribution >= 0.6 is 0 Å². The fourth-order valence-corrected chi connectivity index (χ4v) is 2.68. The highest BCUT2D eigenvalue weighted by Crippen LogP contribution is 2.22. The van der Waals surface area contributed by atoms with Gasteiger partial charge in [0.2, 0.25) is 0 Å². The number of carbonyl (C=O) groups is 2. The molecule has 32 heavy (non-hydrogen) atoms. The molecule has 4 nitrogen and oxygen atoms in total. The minimum atomic E-state index is -0.735. The summed E-state index contributed by atoms with van der Waals surface area (Å²) in [7, 11) is 0. The van der Waals surface area contributed by atoms with Crippen molar-refractivity contribution < 1.29 is 19.8 Å². The summed E-state index contributed by atoms with van der Waals surface area (Å²) in [6.07, 6.45) is 14.6. The van der Waals surface area contributed by atoms with E-state index in [9.17, 15) is 9.59 Å². The minimum absolute atomic E-state index is 0.224. The van der Waals surface area contributed by atoms with Crippen LogP contribution in [0.15, 0.2) is 46.6 Å². The van der Waals surface area contributed by atoms with Gasteiger partial charge in [0.1, 0.15) is 0 Å². The smallest absolute Gasteiger partial charge is 0.309 e. The molecule has 0 aliphatic carbocycles. The van der Waals surface area contributed by atoms with Crippen LogP contribution < -0.4 is 0 Å². The first-order chi connectivity index (χ1) is 14.7. The molecular weight excluding hydrogens is 400 g/mol. The average Bonchev–Trinajstić information content (AvgIpc) is 2.66. The third kappa shape index (κ3) is 18.7. The zero-order valence-corrected chi connectivity index (χ0v) is 22.0. The lowest BCUT2D eigenvalue weighted by atomic mass is 9.88. The molecule has 1 atom stereocenters. The predicted octanol–water partition coefficient (Wildman–Crippen LogP) is 8.36. The van der Waals surface area contributed by atoms with Gasteiger partial charge in [-0.1, -0.05) is 53.5 Å². The highest BCUT2D eigenvalue weighted by molar-refractivity contribution is 5.73. The lowest BCUT2D eigenvalue weighted by Gasteiger charge is -2.16. The quantitative estimate of drug-likeness (QED) is 0.277. The Kier molecular flexibility index (Phi) is 17.5. The summed E-state index contributed by atoms with van der Waals surface area (Å²) in [4.78, 5) is 21.7. The van der Waals surface area contributed by atoms with Gasteiger partial charge >= 0.3 is 11.9 Å². The van der Waals surface area contributed by atoms with Gasteiger partial charge in [0.15, 0.2) is 0 Å². The van der Waals surface area contributed by atoms with E-state index in [-0.39, 0.29) is 5.92 Å². The first-order valence-electron chi connectivity index (χ1n) is 11.8. The second-order valence-electron chi connectivity index (χ2n) is 9.81. The summed E-state index contributed by atoms with van der Waals surface area (Å²) < 4.78 is 0. The third-order valence-corrected chi connectivity index (χ3v) is 5.32. The maximum absolute atomic E-state index is 10.9. The van der Waals surface area contributed by atoms with Gasteiger partial charge in [0.25, 0.3) is 0 Å². The Bertz CT molecular complexity index is 682. The number of carboxylic acid groups (broad SMARTS) is 2. The molecule has 0 aliphatic rings. The summed E-state index contributed by atoms with van der Waals surface area (Å²) in [6, 6.07) is 0. The Labute approximate surface area is 197 Å². The standard InChI is InChI=1S/2C14H24O2/c1-11(2)7-6-8-12(3)9-10-14(4,5)13(15)16;1-5-13(14(15)16)10-9-12(4)8-6-7-11(2)3/h7,9H,6,8,10H2,1-5H3,(H,15,16);7,9,13H,5-6,8,10H2,1-4H3,(H,15,16). The minimum Gasteiger partial charge on any atom is -0.481 e. The second kappa shape index (κ2) is 17.5. The van der Waals surface area contributed by atoms with Gasteiger partial charge in [0.05, 0.1) is 11.3 Å². The number of allylic oxidation sites excluding steroid dienone is 8. The Morgan fingerprint density at radius 3 is 1.56 bits per heavy atom. The maximum atomic E-state index is 10.9. The topological polar surface area (TPSA) is 74.6 Å². The molecule has 1 unspecified atom stereocenters. The Balaban J connectivity index is 0. The molecule has 0 radical (unpaired) electrons. The van der Waals surface area contributed by atoms with Crippen molar-refractivity contribution in [2.75, 3.05) is 0 Å². The van der Waals surface area contributed by atoms with Crippen LogP contribution in [-0.4, -0.2) is 22.2 Å². The van der Waals surface area contributed by atoms with Crippen LogP contribution in [0.5, 0.6) is 0 Å². The maximum Gasteiger partial charge on any atom is 0.309 e. The van der Waals surface area contributed by atoms with E-state index in [4.69, 9.17) is 10.2 Å². The van der Waals surface area contributed by atoms with Crippen molar-refractivity contribution in [2.45, 2.75) is 107 Å². The number of carboxylic acids is 2. The zero-order valence-electron chi connectivity index (χ0n) is 22.0. The van der Waals surface area contributed by atoms with Crippen molar-refractivity contribution in [3.63, 3.8) is 0 Å². The number of hydrogen-bond donors (Lipinski definition) is 2. The molecule has 0 saturated carbocycles. The Hall–Kier alpha value is -2.10. The Morgan fingerprint density at radius 2 is 1.22 bits per heavy atom. The van der Waals surface area contributed by atoms with Crippen LogP contribution in [0.4, 0.5) is 0 Å². The van der Waals surface area contributed by atoms with E-state index < -0.39 is 17.4 Å². The molecule has 0 rings (SSSR count). The number of rotatable bonds is 13. The normalized spacial score (nSPS) is 12.9. The lowest BCUT2D eigenvalue weighted by molar-refractivity contribution is -0.146. The van der Waals surface area contributed by atoms with Crippen LogP contribution in [0.1, 0.15) is 107 Å². The van der Waals surface area contributed by atoms with Crippen molar-refractivity contribution in [2.24, 2.45) is 11.3 Å². The molecule has 0 aromatic carbocycles. The lowest BCUT2D eigenvalue weighted by Crippen LogP contribution is -2.22. The van der Waals surface area contributed by atoms with Crippen LogP contribution in [0.25, 0.3) is 0 Å². The molecule has 4 heteroatoms. The van der Waals surface area contributed by atoms with E-state index in [1.807, 2.05) is 13.0 Å². The highest BCUT2D eigenvalue weighted by Gasteiger charge is 2.25. The predicted molar refractivity (Wildman–Crippen MR) is 137 cm³/mol. The van der Waals surface area contributed by atoms with Crippen molar-refractivity contribution >= 4 is 11.9 Å². The summed E-state index contributed by atoms with van der Waals surface area (Å²) in [5, 5.41) is 17.9. The molecule has 0 saturated heterocycles. The first-order valence-corrected chi connectivity index (χ1v) is 11.8. The molecule has 0 fully saturated rings. The molecule has 184 valence electrons. The molecule has 0 bridgehead atoms. The van der Waals surface area contributed by atoms with Gasteiger partial charge in [-0.3, -0.25) is 9.59 Å². The van der Waals surface area contributed by atoms with Crippen LogP contribution in [0, 0.1) is 11.3 Å². The van der Waals surface area contributed by atoms with E-state index >= 15 is 0 Å². The Morgan fingerprint density at radius 1 is 0.781 bits per heavy atom. The second-order valence-corrected chi connectivity index (χ2v) is 9.81. The van der Waals surface area contributed by atoms with E-state index in [1.54, 1.807) is 13.8 Å². The molecule has 0 amide bonds. The summed E-state index contributed by atoms with van der Waals surface area (Å²) in [5.41, 5.74) is 4.57. The molecule has 0 spiro atoms. The molecular formula is C28H48O4. The van der Waals surface area contributed by atoms with Crippen LogP contribution in [0.3, 0.4) is 0 Å². The van der Waals surface area contributed by atoms with Gasteiger partial charge < -0.3 is 10.2 Å². The van der Waals surface area contributed by atoms with E-state index in [0.717, 1.165) is 25.7 Å². The fraction of sp³-hybridized carbons (Fsp3) is 0.643.